The van der Waals surface area contributed by atoms with Crippen LogP contribution in [-0.4, -0.2) is 49.9 Å². The molecule has 0 aliphatic carbocycles. The minimum Gasteiger partial charge on any atom is -0.370 e. The number of imide groups is 1. The highest BCUT2D eigenvalue weighted by Gasteiger charge is 2.43. The molecule has 3 rings (SSSR count). The number of carbonyl (C=O) groups is 2. The van der Waals surface area contributed by atoms with Crippen LogP contribution in [0.25, 0.3) is 0 Å². The quantitative estimate of drug-likeness (QED) is 0.754. The molecule has 2 aliphatic heterocycles. The summed E-state index contributed by atoms with van der Waals surface area (Å²) in [6, 6.07) is -0.414. The van der Waals surface area contributed by atoms with Crippen LogP contribution in [0.5, 0.6) is 0 Å². The summed E-state index contributed by atoms with van der Waals surface area (Å²) in [4.78, 5) is 38.2. The summed E-state index contributed by atoms with van der Waals surface area (Å²) in [5.41, 5.74) is -1.06. The first-order valence-corrected chi connectivity index (χ1v) is 9.58. The van der Waals surface area contributed by atoms with E-state index in [1.165, 1.54) is 9.58 Å². The SMILES string of the molecule is CC(C)n1c([C@H]2OCC[C@H]2C)nn(CCCN2C(=O)NC(C)(C)C2=O)c1=O. The summed E-state index contributed by atoms with van der Waals surface area (Å²) in [5.74, 6) is 0.725. The number of nitrogens with one attached hydrogen (secondary N) is 1. The minimum absolute atomic E-state index is 0.0237. The van der Waals surface area contributed by atoms with E-state index in [1.807, 2.05) is 13.8 Å². The predicted octanol–water partition coefficient (Wildman–Crippen LogP) is 1.44. The summed E-state index contributed by atoms with van der Waals surface area (Å²) >= 11 is 0. The first-order valence-electron chi connectivity index (χ1n) is 9.58. The van der Waals surface area contributed by atoms with Gasteiger partial charge in [0, 0.05) is 25.7 Å². The molecule has 3 amide bonds. The summed E-state index contributed by atoms with van der Waals surface area (Å²) in [5, 5.41) is 7.19. The Bertz CT molecular complexity index is 794. The number of urea groups is 1. The first kappa shape index (κ1) is 19.6. The number of amides is 3. The Morgan fingerprint density at radius 2 is 1.96 bits per heavy atom. The molecule has 0 saturated carbocycles. The molecule has 2 atom stereocenters. The zero-order valence-electron chi connectivity index (χ0n) is 16.7. The molecule has 1 aromatic heterocycles. The van der Waals surface area contributed by atoms with Gasteiger partial charge in [0.25, 0.3) is 5.91 Å². The molecule has 1 aromatic rings. The number of carbonyl (C=O) groups excluding carboxylic acids is 2. The first-order chi connectivity index (χ1) is 12.6. The number of ether oxygens (including phenoxy) is 1. The maximum absolute atomic E-state index is 12.8. The zero-order valence-corrected chi connectivity index (χ0v) is 16.7. The number of hydrogen-bond acceptors (Lipinski definition) is 5. The van der Waals surface area contributed by atoms with Gasteiger partial charge in [-0.3, -0.25) is 14.3 Å². The van der Waals surface area contributed by atoms with Gasteiger partial charge in [-0.05, 0) is 46.5 Å². The molecule has 0 unspecified atom stereocenters. The van der Waals surface area contributed by atoms with E-state index in [0.29, 0.717) is 31.3 Å². The van der Waals surface area contributed by atoms with Gasteiger partial charge >= 0.3 is 11.7 Å². The molecule has 150 valence electrons. The van der Waals surface area contributed by atoms with Crippen molar-refractivity contribution in [2.75, 3.05) is 13.2 Å². The van der Waals surface area contributed by atoms with Crippen LogP contribution in [0, 0.1) is 5.92 Å². The zero-order chi connectivity index (χ0) is 19.9. The van der Waals surface area contributed by atoms with Crippen LogP contribution in [0.2, 0.25) is 0 Å². The second-order valence-electron chi connectivity index (χ2n) is 8.25. The van der Waals surface area contributed by atoms with Crippen LogP contribution < -0.4 is 11.0 Å². The van der Waals surface area contributed by atoms with Gasteiger partial charge in [0.1, 0.15) is 11.6 Å². The van der Waals surface area contributed by atoms with Gasteiger partial charge < -0.3 is 10.1 Å². The van der Waals surface area contributed by atoms with E-state index in [9.17, 15) is 14.4 Å². The Labute approximate surface area is 158 Å². The molecule has 0 spiro atoms. The molecule has 9 nitrogen and oxygen atoms in total. The fourth-order valence-electron chi connectivity index (χ4n) is 3.69. The number of aryl methyl sites for hydroxylation is 1. The molecule has 3 heterocycles. The van der Waals surface area contributed by atoms with Gasteiger partial charge in [-0.25, -0.2) is 14.3 Å². The topological polar surface area (TPSA) is 98.5 Å². The maximum atomic E-state index is 12.8. The molecule has 0 radical (unpaired) electrons. The number of nitrogens with zero attached hydrogens (tertiary/aromatic N) is 4. The Hall–Kier alpha value is -2.16. The monoisotopic (exact) mass is 379 g/mol. The van der Waals surface area contributed by atoms with Crippen molar-refractivity contribution in [3.8, 4) is 0 Å². The van der Waals surface area contributed by atoms with Crippen LogP contribution in [0.15, 0.2) is 4.79 Å². The van der Waals surface area contributed by atoms with Crippen molar-refractivity contribution < 1.29 is 14.3 Å². The van der Waals surface area contributed by atoms with Crippen LogP contribution >= 0.6 is 0 Å². The molecule has 9 heteroatoms. The minimum atomic E-state index is -0.879. The standard InChI is InChI=1S/C18H29N5O4/c1-11(2)23-14(13-12(3)7-10-27-13)20-22(17(23)26)9-6-8-21-15(24)18(4,5)19-16(21)25/h11-13H,6-10H2,1-5H3,(H,19,25)/t12-,13+/m1/s1. The van der Waals surface area contributed by atoms with Crippen molar-refractivity contribution in [3.05, 3.63) is 16.3 Å². The third-order valence-corrected chi connectivity index (χ3v) is 5.25. The van der Waals surface area contributed by atoms with Crippen molar-refractivity contribution in [3.63, 3.8) is 0 Å². The molecular formula is C18H29N5O4. The van der Waals surface area contributed by atoms with E-state index in [1.54, 1.807) is 18.4 Å². The molecule has 0 aromatic carbocycles. The van der Waals surface area contributed by atoms with E-state index in [2.05, 4.69) is 17.3 Å². The second-order valence-corrected chi connectivity index (χ2v) is 8.25. The lowest BCUT2D eigenvalue weighted by atomic mass is 10.0. The molecule has 0 bridgehead atoms. The van der Waals surface area contributed by atoms with Gasteiger partial charge in [0.15, 0.2) is 5.82 Å². The van der Waals surface area contributed by atoms with Crippen LogP contribution in [0.3, 0.4) is 0 Å². The third kappa shape index (κ3) is 3.52. The predicted molar refractivity (Wildman–Crippen MR) is 98.3 cm³/mol. The van der Waals surface area contributed by atoms with E-state index in [4.69, 9.17) is 4.74 Å². The van der Waals surface area contributed by atoms with Crippen molar-refractivity contribution in [2.24, 2.45) is 5.92 Å². The Kier molecular flexibility index (Phi) is 5.16. The highest BCUT2D eigenvalue weighted by atomic mass is 16.5. The number of rotatable bonds is 6. The van der Waals surface area contributed by atoms with Crippen LogP contribution in [0.1, 0.15) is 65.4 Å². The van der Waals surface area contributed by atoms with Crippen molar-refractivity contribution in [1.29, 1.82) is 0 Å². The lowest BCUT2D eigenvalue weighted by molar-refractivity contribution is -0.130. The van der Waals surface area contributed by atoms with E-state index >= 15 is 0 Å². The van der Waals surface area contributed by atoms with Crippen molar-refractivity contribution in [1.82, 2.24) is 24.6 Å². The van der Waals surface area contributed by atoms with Gasteiger partial charge in [0.2, 0.25) is 0 Å². The average Bonchev–Trinajstić information content (AvgIpc) is 3.18. The van der Waals surface area contributed by atoms with Crippen molar-refractivity contribution in [2.45, 2.75) is 71.7 Å². The normalized spacial score (nSPS) is 24.9. The molecule has 2 saturated heterocycles. The lowest BCUT2D eigenvalue weighted by Gasteiger charge is -2.16. The summed E-state index contributed by atoms with van der Waals surface area (Å²) in [6.07, 6.45) is 1.24. The molecule has 2 fully saturated rings. The smallest absolute Gasteiger partial charge is 0.346 e. The summed E-state index contributed by atoms with van der Waals surface area (Å²) in [6.45, 7) is 10.6. The largest absolute Gasteiger partial charge is 0.370 e. The van der Waals surface area contributed by atoms with Gasteiger partial charge in [-0.1, -0.05) is 6.92 Å². The number of hydrogen-bond donors (Lipinski definition) is 1. The molecule has 27 heavy (non-hydrogen) atoms. The van der Waals surface area contributed by atoms with Gasteiger partial charge in [-0.15, -0.1) is 0 Å². The highest BCUT2D eigenvalue weighted by molar-refractivity contribution is 6.06. The average molecular weight is 379 g/mol. The van der Waals surface area contributed by atoms with Crippen LogP contribution in [0.4, 0.5) is 4.79 Å². The Morgan fingerprint density at radius 3 is 2.48 bits per heavy atom. The molecule has 1 N–H and O–H groups in total. The van der Waals surface area contributed by atoms with Gasteiger partial charge in [0.05, 0.1) is 0 Å². The lowest BCUT2D eigenvalue weighted by Crippen LogP contribution is -2.40. The fourth-order valence-corrected chi connectivity index (χ4v) is 3.69. The Balaban J connectivity index is 1.73. The second kappa shape index (κ2) is 7.10. The molecular weight excluding hydrogens is 350 g/mol. The van der Waals surface area contributed by atoms with Crippen LogP contribution in [-0.2, 0) is 16.1 Å². The summed E-state index contributed by atoms with van der Waals surface area (Å²) in [7, 11) is 0. The Morgan fingerprint density at radius 1 is 1.26 bits per heavy atom. The fraction of sp³-hybridized carbons (Fsp3) is 0.778. The highest BCUT2D eigenvalue weighted by Crippen LogP contribution is 2.33. The van der Waals surface area contributed by atoms with Gasteiger partial charge in [-0.2, -0.15) is 5.10 Å². The number of aromatic nitrogens is 3. The third-order valence-electron chi connectivity index (χ3n) is 5.25. The molecule has 2 aliphatic rings. The maximum Gasteiger partial charge on any atom is 0.346 e. The van der Waals surface area contributed by atoms with E-state index in [0.717, 1.165) is 6.42 Å². The van der Waals surface area contributed by atoms with E-state index < -0.39 is 5.54 Å². The van der Waals surface area contributed by atoms with E-state index in [-0.39, 0.29) is 36.3 Å². The van der Waals surface area contributed by atoms with Crippen molar-refractivity contribution >= 4 is 11.9 Å². The summed E-state index contributed by atoms with van der Waals surface area (Å²) < 4.78 is 8.91.